The van der Waals surface area contributed by atoms with E-state index in [9.17, 15) is 4.79 Å². The molecule has 0 aliphatic carbocycles. The lowest BCUT2D eigenvalue weighted by Crippen LogP contribution is -2.25. The second-order valence-corrected chi connectivity index (χ2v) is 4.36. The van der Waals surface area contributed by atoms with Crippen LogP contribution >= 0.6 is 11.6 Å². The number of hydrogen-bond donors (Lipinski definition) is 1. The minimum absolute atomic E-state index is 0.244. The molecule has 2 rings (SSSR count). The third-order valence-corrected chi connectivity index (χ3v) is 2.98. The smallest absolute Gasteiger partial charge is 0.407 e. The second kappa shape index (κ2) is 6.24. The lowest BCUT2D eigenvalue weighted by molar-refractivity contribution is 0.139. The minimum Gasteiger partial charge on any atom is -0.445 e. The van der Waals surface area contributed by atoms with E-state index in [0.717, 1.165) is 5.56 Å². The summed E-state index contributed by atoms with van der Waals surface area (Å²) >= 11 is 5.84. The zero-order chi connectivity index (χ0) is 13.7. The summed E-state index contributed by atoms with van der Waals surface area (Å²) in [5.41, 5.74) is 0.942. The normalized spacial score (nSPS) is 10.2. The number of imidazole rings is 1. The molecule has 0 saturated carbocycles. The first-order chi connectivity index (χ1) is 9.16. The number of halogens is 1. The number of nitrogens with one attached hydrogen (secondary N) is 1. The van der Waals surface area contributed by atoms with Gasteiger partial charge in [0.1, 0.15) is 17.6 Å². The highest BCUT2D eigenvalue weighted by atomic mass is 35.5. The molecule has 0 spiro atoms. The van der Waals surface area contributed by atoms with Gasteiger partial charge in [-0.05, 0) is 5.56 Å². The molecular formula is C13H14ClN3O2. The average molecular weight is 280 g/mol. The Morgan fingerprint density at radius 3 is 2.79 bits per heavy atom. The van der Waals surface area contributed by atoms with E-state index in [2.05, 4.69) is 10.3 Å². The number of nitrogens with zero attached hydrogens (tertiary/aromatic N) is 2. The topological polar surface area (TPSA) is 56.2 Å². The number of aromatic nitrogens is 2. The van der Waals surface area contributed by atoms with E-state index in [1.807, 2.05) is 30.3 Å². The largest absolute Gasteiger partial charge is 0.445 e. The number of benzene rings is 1. The van der Waals surface area contributed by atoms with Crippen molar-refractivity contribution in [2.75, 3.05) is 0 Å². The van der Waals surface area contributed by atoms with Crippen LogP contribution in [-0.2, 0) is 24.9 Å². The molecule has 0 saturated heterocycles. The van der Waals surface area contributed by atoms with Crippen LogP contribution in [0.1, 0.15) is 11.4 Å². The number of alkyl carbamates (subject to hydrolysis) is 1. The van der Waals surface area contributed by atoms with Crippen LogP contribution in [0.15, 0.2) is 36.5 Å². The summed E-state index contributed by atoms with van der Waals surface area (Å²) in [4.78, 5) is 15.6. The first kappa shape index (κ1) is 13.4. The van der Waals surface area contributed by atoms with Crippen molar-refractivity contribution in [2.45, 2.75) is 13.2 Å². The molecule has 100 valence electrons. The van der Waals surface area contributed by atoms with Crippen molar-refractivity contribution in [3.8, 4) is 0 Å². The molecule has 1 heterocycles. The van der Waals surface area contributed by atoms with Gasteiger partial charge in [0.05, 0.1) is 12.7 Å². The number of hydrogen-bond acceptors (Lipinski definition) is 3. The Hall–Kier alpha value is -2.01. The lowest BCUT2D eigenvalue weighted by atomic mass is 10.2. The molecule has 1 amide bonds. The van der Waals surface area contributed by atoms with Crippen LogP contribution in [0, 0.1) is 0 Å². The Morgan fingerprint density at radius 2 is 2.16 bits per heavy atom. The molecule has 2 aromatic rings. The Bertz CT molecular complexity index is 554. The van der Waals surface area contributed by atoms with Gasteiger partial charge in [-0.3, -0.25) is 0 Å². The van der Waals surface area contributed by atoms with E-state index in [-0.39, 0.29) is 13.2 Å². The summed E-state index contributed by atoms with van der Waals surface area (Å²) < 4.78 is 6.77. The molecule has 0 fully saturated rings. The average Bonchev–Trinajstić information content (AvgIpc) is 2.75. The molecule has 19 heavy (non-hydrogen) atoms. The lowest BCUT2D eigenvalue weighted by Gasteiger charge is -2.07. The molecule has 0 radical (unpaired) electrons. The highest BCUT2D eigenvalue weighted by molar-refractivity contribution is 6.29. The standard InChI is InChI=1S/C13H14ClN3O2/c1-17-11(14)7-15-12(17)8-16-13(18)19-9-10-5-3-2-4-6-10/h2-7H,8-9H2,1H3,(H,16,18). The van der Waals surface area contributed by atoms with Crippen LogP contribution in [0.25, 0.3) is 0 Å². The quantitative estimate of drug-likeness (QED) is 0.935. The molecule has 1 aromatic heterocycles. The Labute approximate surface area is 116 Å². The maximum Gasteiger partial charge on any atom is 0.407 e. The highest BCUT2D eigenvalue weighted by Crippen LogP contribution is 2.08. The van der Waals surface area contributed by atoms with Gasteiger partial charge >= 0.3 is 6.09 Å². The molecule has 1 N–H and O–H groups in total. The molecule has 0 bridgehead atoms. The molecule has 0 aliphatic rings. The van der Waals surface area contributed by atoms with Crippen LogP contribution in [0.4, 0.5) is 4.79 Å². The Balaban J connectivity index is 1.78. The maximum absolute atomic E-state index is 11.5. The third kappa shape index (κ3) is 3.72. The van der Waals surface area contributed by atoms with Crippen LogP contribution in [0.2, 0.25) is 5.15 Å². The van der Waals surface area contributed by atoms with Crippen LogP contribution in [0.5, 0.6) is 0 Å². The fourth-order valence-electron chi connectivity index (χ4n) is 1.51. The highest BCUT2D eigenvalue weighted by Gasteiger charge is 2.07. The number of amides is 1. The van der Waals surface area contributed by atoms with E-state index in [4.69, 9.17) is 16.3 Å². The predicted octanol–water partition coefficient (Wildman–Crippen LogP) is 2.50. The monoisotopic (exact) mass is 279 g/mol. The summed E-state index contributed by atoms with van der Waals surface area (Å²) in [6, 6.07) is 9.49. The van der Waals surface area contributed by atoms with Gasteiger partial charge in [-0.1, -0.05) is 41.9 Å². The number of carbonyl (C=O) groups is 1. The molecule has 0 atom stereocenters. The first-order valence-electron chi connectivity index (χ1n) is 5.77. The van der Waals surface area contributed by atoms with Crippen LogP contribution in [-0.4, -0.2) is 15.6 Å². The third-order valence-electron chi connectivity index (χ3n) is 2.63. The maximum atomic E-state index is 11.5. The van der Waals surface area contributed by atoms with Gasteiger partial charge in [-0.2, -0.15) is 0 Å². The van der Waals surface area contributed by atoms with Crippen molar-refractivity contribution in [1.82, 2.24) is 14.9 Å². The second-order valence-electron chi connectivity index (χ2n) is 3.97. The van der Waals surface area contributed by atoms with Gasteiger partial charge in [-0.15, -0.1) is 0 Å². The van der Waals surface area contributed by atoms with E-state index < -0.39 is 6.09 Å². The van der Waals surface area contributed by atoms with Gasteiger partial charge in [0.15, 0.2) is 0 Å². The minimum atomic E-state index is -0.483. The summed E-state index contributed by atoms with van der Waals surface area (Å²) in [7, 11) is 1.78. The number of carbonyl (C=O) groups excluding carboxylic acids is 1. The van der Waals surface area contributed by atoms with E-state index >= 15 is 0 Å². The van der Waals surface area contributed by atoms with Gasteiger partial charge in [0, 0.05) is 7.05 Å². The summed E-state index contributed by atoms with van der Waals surface area (Å²) in [5, 5.41) is 3.14. The predicted molar refractivity (Wildman–Crippen MR) is 71.7 cm³/mol. The van der Waals surface area contributed by atoms with E-state index in [1.54, 1.807) is 11.6 Å². The van der Waals surface area contributed by atoms with Crippen molar-refractivity contribution in [1.29, 1.82) is 0 Å². The van der Waals surface area contributed by atoms with E-state index in [0.29, 0.717) is 11.0 Å². The fourth-order valence-corrected chi connectivity index (χ4v) is 1.66. The summed E-state index contributed by atoms with van der Waals surface area (Å²) in [6.07, 6.45) is 1.05. The van der Waals surface area contributed by atoms with Gasteiger partial charge in [0.2, 0.25) is 0 Å². The van der Waals surface area contributed by atoms with Crippen molar-refractivity contribution in [3.05, 3.63) is 53.1 Å². The van der Waals surface area contributed by atoms with Crippen molar-refractivity contribution in [2.24, 2.45) is 7.05 Å². The zero-order valence-corrected chi connectivity index (χ0v) is 11.2. The van der Waals surface area contributed by atoms with Crippen molar-refractivity contribution < 1.29 is 9.53 Å². The molecule has 6 heteroatoms. The first-order valence-corrected chi connectivity index (χ1v) is 6.15. The van der Waals surface area contributed by atoms with Gasteiger partial charge < -0.3 is 14.6 Å². The van der Waals surface area contributed by atoms with Gasteiger partial charge in [-0.25, -0.2) is 9.78 Å². The van der Waals surface area contributed by atoms with Crippen LogP contribution in [0.3, 0.4) is 0 Å². The molecule has 0 aliphatic heterocycles. The summed E-state index contributed by atoms with van der Waals surface area (Å²) in [5.74, 6) is 0.668. The molecular weight excluding hydrogens is 266 g/mol. The van der Waals surface area contributed by atoms with Crippen molar-refractivity contribution in [3.63, 3.8) is 0 Å². The molecule has 0 unspecified atom stereocenters. The van der Waals surface area contributed by atoms with E-state index in [1.165, 1.54) is 6.20 Å². The Morgan fingerprint density at radius 1 is 1.42 bits per heavy atom. The van der Waals surface area contributed by atoms with Crippen LogP contribution < -0.4 is 5.32 Å². The zero-order valence-electron chi connectivity index (χ0n) is 10.5. The Kier molecular flexibility index (Phi) is 4.41. The number of rotatable bonds is 4. The summed E-state index contributed by atoms with van der Waals surface area (Å²) in [6.45, 7) is 0.519. The van der Waals surface area contributed by atoms with Gasteiger partial charge in [0.25, 0.3) is 0 Å². The molecule has 5 nitrogen and oxygen atoms in total. The fraction of sp³-hybridized carbons (Fsp3) is 0.231. The number of ether oxygens (including phenoxy) is 1. The SMILES string of the molecule is Cn1c(Cl)cnc1CNC(=O)OCc1ccccc1. The van der Waals surface area contributed by atoms with Crippen molar-refractivity contribution >= 4 is 17.7 Å². The molecule has 1 aromatic carbocycles.